The number of carbonyl (C=O) groups excluding carboxylic acids is 1. The van der Waals surface area contributed by atoms with E-state index in [1.54, 1.807) is 11.3 Å². The molecule has 0 aromatic carbocycles. The molecule has 0 spiro atoms. The maximum Gasteiger partial charge on any atom is 0.222 e. The van der Waals surface area contributed by atoms with Crippen LogP contribution in [-0.2, 0) is 4.79 Å². The second-order valence-electron chi connectivity index (χ2n) is 5.04. The average molecular weight is 290 g/mol. The van der Waals surface area contributed by atoms with Gasteiger partial charge in [0, 0.05) is 32.6 Å². The minimum Gasteiger partial charge on any atom is -0.341 e. The zero-order valence-corrected chi connectivity index (χ0v) is 12.9. The molecule has 0 aliphatic carbocycles. The van der Waals surface area contributed by atoms with Crippen LogP contribution in [0.25, 0.3) is 0 Å². The summed E-state index contributed by atoms with van der Waals surface area (Å²) < 4.78 is 0. The van der Waals surface area contributed by atoms with Crippen LogP contribution < -0.4 is 0 Å². The summed E-state index contributed by atoms with van der Waals surface area (Å²) in [5.41, 5.74) is 0. The molecule has 1 aromatic rings. The highest BCUT2D eigenvalue weighted by Crippen LogP contribution is 2.07. The lowest BCUT2D eigenvalue weighted by Gasteiger charge is -2.20. The summed E-state index contributed by atoms with van der Waals surface area (Å²) in [6.07, 6.45) is 2.67. The van der Waals surface area contributed by atoms with Crippen LogP contribution >= 0.6 is 11.3 Å². The van der Waals surface area contributed by atoms with Crippen molar-refractivity contribution in [3.8, 4) is 11.8 Å². The average Bonchev–Trinajstić information content (AvgIpc) is 2.84. The van der Waals surface area contributed by atoms with Crippen LogP contribution in [0.4, 0.5) is 0 Å². The lowest BCUT2D eigenvalue weighted by atomic mass is 10.3. The minimum atomic E-state index is 0.305. The van der Waals surface area contributed by atoms with Crippen molar-refractivity contribution in [2.24, 2.45) is 0 Å². The molecule has 0 atom stereocenters. The quantitative estimate of drug-likeness (QED) is 0.798. The first-order chi connectivity index (χ1) is 9.79. The van der Waals surface area contributed by atoms with Gasteiger partial charge in [-0.05, 0) is 24.3 Å². The summed E-state index contributed by atoms with van der Waals surface area (Å²) in [5.74, 6) is 6.73. The first kappa shape index (κ1) is 15.1. The highest BCUT2D eigenvalue weighted by atomic mass is 32.1. The maximum absolute atomic E-state index is 11.9. The molecular weight excluding hydrogens is 268 g/mol. The third-order valence-corrected chi connectivity index (χ3v) is 4.23. The van der Waals surface area contributed by atoms with Gasteiger partial charge in [-0.2, -0.15) is 0 Å². The Labute approximate surface area is 125 Å². The van der Waals surface area contributed by atoms with Crippen LogP contribution in [0.5, 0.6) is 0 Å². The second kappa shape index (κ2) is 8.08. The Hall–Kier alpha value is -1.31. The van der Waals surface area contributed by atoms with E-state index in [1.807, 2.05) is 22.4 Å². The van der Waals surface area contributed by atoms with E-state index in [0.717, 1.165) is 50.4 Å². The lowest BCUT2D eigenvalue weighted by molar-refractivity contribution is -0.131. The number of carbonyl (C=O) groups is 1. The van der Waals surface area contributed by atoms with Gasteiger partial charge in [0.15, 0.2) is 0 Å². The molecule has 108 valence electrons. The summed E-state index contributed by atoms with van der Waals surface area (Å²) in [7, 11) is 0. The zero-order chi connectivity index (χ0) is 14.2. The van der Waals surface area contributed by atoms with Crippen molar-refractivity contribution in [3.63, 3.8) is 0 Å². The van der Waals surface area contributed by atoms with Gasteiger partial charge in [-0.15, -0.1) is 11.3 Å². The number of amides is 1. The molecule has 1 amide bonds. The predicted octanol–water partition coefficient (Wildman–Crippen LogP) is 2.43. The molecule has 3 nitrogen and oxygen atoms in total. The first-order valence-corrected chi connectivity index (χ1v) is 8.20. The molecule has 2 heterocycles. The molecule has 2 rings (SSSR count). The largest absolute Gasteiger partial charge is 0.341 e. The molecule has 1 aromatic heterocycles. The highest BCUT2D eigenvalue weighted by molar-refractivity contribution is 7.10. The van der Waals surface area contributed by atoms with Crippen LogP contribution in [0.3, 0.4) is 0 Å². The Morgan fingerprint density at radius 3 is 3.00 bits per heavy atom. The standard InChI is InChI=1S/C16H22N2OS/c1-2-6-16(19)18-11-5-10-17(12-13-18)9-3-7-15-8-4-14-20-15/h4,8,14H,2,5-6,9-13H2,1H3. The van der Waals surface area contributed by atoms with Gasteiger partial charge < -0.3 is 4.90 Å². The molecule has 20 heavy (non-hydrogen) atoms. The van der Waals surface area contributed by atoms with E-state index in [0.29, 0.717) is 12.3 Å². The lowest BCUT2D eigenvalue weighted by Crippen LogP contribution is -2.35. The topological polar surface area (TPSA) is 23.6 Å². The molecule has 1 aliphatic heterocycles. The molecule has 0 saturated carbocycles. The van der Waals surface area contributed by atoms with E-state index >= 15 is 0 Å². The second-order valence-corrected chi connectivity index (χ2v) is 5.99. The number of hydrogen-bond acceptors (Lipinski definition) is 3. The van der Waals surface area contributed by atoms with Crippen LogP contribution in [0.15, 0.2) is 17.5 Å². The van der Waals surface area contributed by atoms with E-state index in [-0.39, 0.29) is 0 Å². The van der Waals surface area contributed by atoms with Crippen molar-refractivity contribution >= 4 is 17.2 Å². The van der Waals surface area contributed by atoms with Crippen LogP contribution in [0, 0.1) is 11.8 Å². The third kappa shape index (κ3) is 4.66. The van der Waals surface area contributed by atoms with Crippen molar-refractivity contribution in [1.29, 1.82) is 0 Å². The van der Waals surface area contributed by atoms with Crippen LogP contribution in [0.2, 0.25) is 0 Å². The number of rotatable bonds is 3. The Morgan fingerprint density at radius 1 is 1.35 bits per heavy atom. The fraction of sp³-hybridized carbons (Fsp3) is 0.562. The fourth-order valence-electron chi connectivity index (χ4n) is 2.34. The van der Waals surface area contributed by atoms with Crippen molar-refractivity contribution in [2.75, 3.05) is 32.7 Å². The summed E-state index contributed by atoms with van der Waals surface area (Å²) in [6.45, 7) is 6.58. The van der Waals surface area contributed by atoms with E-state index < -0.39 is 0 Å². The maximum atomic E-state index is 11.9. The molecule has 0 radical (unpaired) electrons. The Balaban J connectivity index is 1.79. The monoisotopic (exact) mass is 290 g/mol. The molecule has 0 unspecified atom stereocenters. The minimum absolute atomic E-state index is 0.305. The molecule has 1 saturated heterocycles. The highest BCUT2D eigenvalue weighted by Gasteiger charge is 2.17. The van der Waals surface area contributed by atoms with E-state index in [2.05, 4.69) is 23.7 Å². The van der Waals surface area contributed by atoms with Gasteiger partial charge in [0.1, 0.15) is 0 Å². The Bertz CT molecular complexity index is 472. The van der Waals surface area contributed by atoms with Crippen molar-refractivity contribution in [2.45, 2.75) is 26.2 Å². The van der Waals surface area contributed by atoms with Gasteiger partial charge in [-0.3, -0.25) is 9.69 Å². The Kier molecular flexibility index (Phi) is 6.10. The fourth-order valence-corrected chi connectivity index (χ4v) is 2.93. The molecule has 0 N–H and O–H groups in total. The molecule has 4 heteroatoms. The molecular formula is C16H22N2OS. The van der Waals surface area contributed by atoms with Crippen LogP contribution in [-0.4, -0.2) is 48.4 Å². The van der Waals surface area contributed by atoms with Gasteiger partial charge in [-0.1, -0.05) is 24.8 Å². The molecule has 1 fully saturated rings. The van der Waals surface area contributed by atoms with Gasteiger partial charge in [-0.25, -0.2) is 0 Å². The zero-order valence-electron chi connectivity index (χ0n) is 12.1. The van der Waals surface area contributed by atoms with Gasteiger partial charge in [0.05, 0.1) is 11.4 Å². The number of hydrogen-bond donors (Lipinski definition) is 0. The summed E-state index contributed by atoms with van der Waals surface area (Å²) in [6, 6.07) is 4.07. The predicted molar refractivity (Wildman–Crippen MR) is 83.7 cm³/mol. The van der Waals surface area contributed by atoms with Gasteiger partial charge in [0.2, 0.25) is 5.91 Å². The van der Waals surface area contributed by atoms with E-state index in [9.17, 15) is 4.79 Å². The van der Waals surface area contributed by atoms with Crippen molar-refractivity contribution in [1.82, 2.24) is 9.80 Å². The van der Waals surface area contributed by atoms with Crippen molar-refractivity contribution < 1.29 is 4.79 Å². The summed E-state index contributed by atoms with van der Waals surface area (Å²) in [5, 5.41) is 2.05. The number of thiophene rings is 1. The Morgan fingerprint density at radius 2 is 2.25 bits per heavy atom. The van der Waals surface area contributed by atoms with Crippen molar-refractivity contribution in [3.05, 3.63) is 22.4 Å². The summed E-state index contributed by atoms with van der Waals surface area (Å²) >= 11 is 1.68. The van der Waals surface area contributed by atoms with E-state index in [4.69, 9.17) is 0 Å². The van der Waals surface area contributed by atoms with Crippen LogP contribution in [0.1, 0.15) is 31.1 Å². The molecule has 0 bridgehead atoms. The summed E-state index contributed by atoms with van der Waals surface area (Å²) in [4.78, 5) is 17.4. The molecule has 1 aliphatic rings. The SMILES string of the molecule is CCCC(=O)N1CCCN(CC#Cc2cccs2)CC1. The third-order valence-electron chi connectivity index (χ3n) is 3.44. The number of nitrogens with zero attached hydrogens (tertiary/aromatic N) is 2. The van der Waals surface area contributed by atoms with E-state index in [1.165, 1.54) is 0 Å². The smallest absolute Gasteiger partial charge is 0.222 e. The van der Waals surface area contributed by atoms with Gasteiger partial charge in [0.25, 0.3) is 0 Å². The first-order valence-electron chi connectivity index (χ1n) is 7.32. The van der Waals surface area contributed by atoms with Gasteiger partial charge >= 0.3 is 0 Å². The normalized spacial score (nSPS) is 16.4.